The van der Waals surface area contributed by atoms with Gasteiger partial charge in [0, 0.05) is 22.5 Å². The number of nitrogens with one attached hydrogen (secondary N) is 1. The van der Waals surface area contributed by atoms with Crippen LogP contribution in [0.3, 0.4) is 0 Å². The van der Waals surface area contributed by atoms with E-state index in [-0.39, 0.29) is 5.82 Å². The predicted octanol–water partition coefficient (Wildman–Crippen LogP) is 4.17. The van der Waals surface area contributed by atoms with Crippen LogP contribution in [0.25, 0.3) is 27.8 Å². The third-order valence-electron chi connectivity index (χ3n) is 3.98. The van der Waals surface area contributed by atoms with Crippen molar-refractivity contribution in [3.63, 3.8) is 0 Å². The molecule has 0 unspecified atom stereocenters. The molecule has 5 nitrogen and oxygen atoms in total. The Morgan fingerprint density at radius 1 is 1.00 bits per heavy atom. The lowest BCUT2D eigenvalue weighted by Crippen LogP contribution is -2.09. The normalized spacial score (nSPS) is 11.0. The molecule has 2 aromatic carbocycles. The van der Waals surface area contributed by atoms with Crippen LogP contribution in [0.1, 0.15) is 0 Å². The Bertz CT molecular complexity index is 1040. The van der Waals surface area contributed by atoms with Gasteiger partial charge in [-0.15, -0.1) is 0 Å². The summed E-state index contributed by atoms with van der Waals surface area (Å²) in [5, 5.41) is 1.41. The molecule has 0 saturated carbocycles. The minimum Gasteiger partial charge on any atom is -0.308 e. The first-order valence-corrected chi connectivity index (χ1v) is 7.90. The van der Waals surface area contributed by atoms with Gasteiger partial charge in [-0.25, -0.2) is 20.2 Å². The van der Waals surface area contributed by atoms with Gasteiger partial charge in [0.25, 0.3) is 0 Å². The van der Waals surface area contributed by atoms with Crippen LogP contribution in [-0.2, 0) is 0 Å². The maximum atomic E-state index is 13.3. The topological polar surface area (TPSA) is 68.8 Å². The molecule has 0 fully saturated rings. The van der Waals surface area contributed by atoms with Gasteiger partial charge in [0.2, 0.25) is 0 Å². The Kier molecular flexibility index (Phi) is 3.83. The molecule has 4 rings (SSSR count). The average Bonchev–Trinajstić information content (AvgIpc) is 3.03. The number of nitrogen functional groups attached to an aromatic ring is 1. The molecule has 2 aromatic heterocycles. The van der Waals surface area contributed by atoms with Crippen molar-refractivity contribution in [3.8, 4) is 16.8 Å². The molecule has 2 heterocycles. The minimum absolute atomic E-state index is 0.293. The molecule has 0 saturated heterocycles. The molecular formula is C18H13ClFN5. The molecule has 0 aliphatic heterocycles. The fourth-order valence-electron chi connectivity index (χ4n) is 2.82. The molecule has 0 bridgehead atoms. The second-order valence-electron chi connectivity index (χ2n) is 5.46. The predicted molar refractivity (Wildman–Crippen MR) is 97.1 cm³/mol. The summed E-state index contributed by atoms with van der Waals surface area (Å²) in [7, 11) is 0. The quantitative estimate of drug-likeness (QED) is 0.428. The second-order valence-corrected chi connectivity index (χ2v) is 5.90. The molecule has 7 heteroatoms. The van der Waals surface area contributed by atoms with E-state index in [0.29, 0.717) is 16.5 Å². The SMILES string of the molecule is NNc1ncnc2c1c(-c1ccc(F)cc1)cn2-c1ccc(Cl)cc1. The van der Waals surface area contributed by atoms with Crippen molar-refractivity contribution < 1.29 is 4.39 Å². The molecule has 3 N–H and O–H groups in total. The lowest BCUT2D eigenvalue weighted by Gasteiger charge is -2.05. The van der Waals surface area contributed by atoms with Crippen LogP contribution >= 0.6 is 11.6 Å². The van der Waals surface area contributed by atoms with Crippen molar-refractivity contribution in [2.75, 3.05) is 5.43 Å². The van der Waals surface area contributed by atoms with Gasteiger partial charge in [-0.1, -0.05) is 23.7 Å². The molecule has 0 amide bonds. The van der Waals surface area contributed by atoms with E-state index in [1.165, 1.54) is 18.5 Å². The summed E-state index contributed by atoms with van der Waals surface area (Å²) < 4.78 is 15.2. The highest BCUT2D eigenvalue weighted by Crippen LogP contribution is 2.35. The summed E-state index contributed by atoms with van der Waals surface area (Å²) in [6.45, 7) is 0. The van der Waals surface area contributed by atoms with Gasteiger partial charge < -0.3 is 9.99 Å². The van der Waals surface area contributed by atoms with E-state index < -0.39 is 0 Å². The first kappa shape index (κ1) is 15.6. The monoisotopic (exact) mass is 353 g/mol. The highest BCUT2D eigenvalue weighted by atomic mass is 35.5. The highest BCUT2D eigenvalue weighted by molar-refractivity contribution is 6.30. The molecule has 124 valence electrons. The van der Waals surface area contributed by atoms with Crippen LogP contribution in [0.15, 0.2) is 61.1 Å². The first-order valence-electron chi connectivity index (χ1n) is 7.52. The summed E-state index contributed by atoms with van der Waals surface area (Å²) >= 11 is 5.98. The number of halogens is 2. The van der Waals surface area contributed by atoms with Crippen LogP contribution in [-0.4, -0.2) is 14.5 Å². The van der Waals surface area contributed by atoms with E-state index in [1.807, 2.05) is 35.0 Å². The highest BCUT2D eigenvalue weighted by Gasteiger charge is 2.17. The Balaban J connectivity index is 2.02. The summed E-state index contributed by atoms with van der Waals surface area (Å²) in [6.07, 6.45) is 3.37. The van der Waals surface area contributed by atoms with Crippen molar-refractivity contribution in [1.82, 2.24) is 14.5 Å². The molecule has 0 spiro atoms. The van der Waals surface area contributed by atoms with Crippen LogP contribution in [0, 0.1) is 5.82 Å². The Labute approximate surface area is 147 Å². The fraction of sp³-hybridized carbons (Fsp3) is 0. The smallest absolute Gasteiger partial charge is 0.153 e. The van der Waals surface area contributed by atoms with Gasteiger partial charge >= 0.3 is 0 Å². The van der Waals surface area contributed by atoms with Crippen LogP contribution in [0.5, 0.6) is 0 Å². The maximum Gasteiger partial charge on any atom is 0.153 e. The number of anilines is 1. The molecule has 0 aliphatic carbocycles. The molecule has 0 aliphatic rings. The van der Waals surface area contributed by atoms with E-state index in [4.69, 9.17) is 17.4 Å². The van der Waals surface area contributed by atoms with Crippen LogP contribution in [0.2, 0.25) is 5.02 Å². The number of fused-ring (bicyclic) bond motifs is 1. The Hall–Kier alpha value is -2.96. The van der Waals surface area contributed by atoms with Gasteiger partial charge in [-0.2, -0.15) is 0 Å². The number of hydrogen-bond donors (Lipinski definition) is 2. The minimum atomic E-state index is -0.293. The zero-order chi connectivity index (χ0) is 17.4. The van der Waals surface area contributed by atoms with E-state index in [1.54, 1.807) is 12.1 Å². The second kappa shape index (κ2) is 6.16. The van der Waals surface area contributed by atoms with E-state index in [0.717, 1.165) is 22.2 Å². The first-order chi connectivity index (χ1) is 12.2. The van der Waals surface area contributed by atoms with E-state index >= 15 is 0 Å². The van der Waals surface area contributed by atoms with Crippen molar-refractivity contribution in [1.29, 1.82) is 0 Å². The van der Waals surface area contributed by atoms with Gasteiger partial charge in [-0.05, 0) is 42.0 Å². The van der Waals surface area contributed by atoms with Crippen LogP contribution in [0.4, 0.5) is 10.2 Å². The van der Waals surface area contributed by atoms with Crippen molar-refractivity contribution in [3.05, 3.63) is 71.9 Å². The number of rotatable bonds is 3. The van der Waals surface area contributed by atoms with Crippen molar-refractivity contribution in [2.24, 2.45) is 5.84 Å². The van der Waals surface area contributed by atoms with E-state index in [9.17, 15) is 4.39 Å². The zero-order valence-electron chi connectivity index (χ0n) is 12.9. The van der Waals surface area contributed by atoms with E-state index in [2.05, 4.69) is 15.4 Å². The molecule has 0 atom stereocenters. The van der Waals surface area contributed by atoms with Gasteiger partial charge in [0.15, 0.2) is 11.5 Å². The third kappa shape index (κ3) is 2.71. The van der Waals surface area contributed by atoms with Crippen LogP contribution < -0.4 is 11.3 Å². The summed E-state index contributed by atoms with van der Waals surface area (Å²) in [5.74, 6) is 5.83. The van der Waals surface area contributed by atoms with Crippen molar-refractivity contribution >= 4 is 28.5 Å². The number of hydrogen-bond acceptors (Lipinski definition) is 4. The Morgan fingerprint density at radius 2 is 1.72 bits per heavy atom. The molecular weight excluding hydrogens is 341 g/mol. The third-order valence-corrected chi connectivity index (χ3v) is 4.23. The lowest BCUT2D eigenvalue weighted by atomic mass is 10.1. The van der Waals surface area contributed by atoms with Gasteiger partial charge in [0.05, 0.1) is 5.39 Å². The summed E-state index contributed by atoms with van der Waals surface area (Å²) in [5.41, 5.74) is 5.87. The zero-order valence-corrected chi connectivity index (χ0v) is 13.7. The summed E-state index contributed by atoms with van der Waals surface area (Å²) in [4.78, 5) is 8.60. The average molecular weight is 354 g/mol. The number of nitrogens with two attached hydrogens (primary N) is 1. The van der Waals surface area contributed by atoms with Crippen molar-refractivity contribution in [2.45, 2.75) is 0 Å². The molecule has 4 aromatic rings. The Morgan fingerprint density at radius 3 is 2.40 bits per heavy atom. The van der Waals surface area contributed by atoms with Gasteiger partial charge in [-0.3, -0.25) is 0 Å². The standard InChI is InChI=1S/C18H13ClFN5/c19-12-3-7-14(8-4-12)25-9-15(11-1-5-13(20)6-2-11)16-17(24-21)22-10-23-18(16)25/h1-10H,21H2,(H,22,23,24). The lowest BCUT2D eigenvalue weighted by molar-refractivity contribution is 0.628. The van der Waals surface area contributed by atoms with Gasteiger partial charge in [0.1, 0.15) is 12.1 Å². The number of aromatic nitrogens is 3. The largest absolute Gasteiger partial charge is 0.308 e. The summed E-state index contributed by atoms with van der Waals surface area (Å²) in [6, 6.07) is 13.7. The fourth-order valence-corrected chi connectivity index (χ4v) is 2.94. The molecule has 25 heavy (non-hydrogen) atoms. The number of nitrogens with zero attached hydrogens (tertiary/aromatic N) is 3. The number of benzene rings is 2. The number of hydrazine groups is 1. The maximum absolute atomic E-state index is 13.3. The molecule has 0 radical (unpaired) electrons.